The van der Waals surface area contributed by atoms with Crippen LogP contribution in [-0.4, -0.2) is 25.8 Å². The number of nitrogens with one attached hydrogen (secondary N) is 1. The molecule has 3 atom stereocenters. The molecule has 2 rings (SSSR count). The second kappa shape index (κ2) is 5.76. The molecule has 1 heterocycles. The van der Waals surface area contributed by atoms with Gasteiger partial charge in [0.25, 0.3) is 0 Å². The lowest BCUT2D eigenvalue weighted by molar-refractivity contribution is 0.0962. The van der Waals surface area contributed by atoms with E-state index in [1.54, 1.807) is 12.1 Å². The van der Waals surface area contributed by atoms with E-state index in [0.717, 1.165) is 19.1 Å². The SMILES string of the molecule is CNC(Cc1cccc(F)c1F)C1CCOC1C. The summed E-state index contributed by atoms with van der Waals surface area (Å²) in [5.41, 5.74) is 0.424. The zero-order valence-electron chi connectivity index (χ0n) is 10.7. The van der Waals surface area contributed by atoms with Crippen molar-refractivity contribution < 1.29 is 13.5 Å². The highest BCUT2D eigenvalue weighted by Crippen LogP contribution is 2.26. The summed E-state index contributed by atoms with van der Waals surface area (Å²) < 4.78 is 32.3. The number of likely N-dealkylation sites (N-methyl/N-ethyl adjacent to an activating group) is 1. The van der Waals surface area contributed by atoms with Gasteiger partial charge < -0.3 is 10.1 Å². The minimum atomic E-state index is -0.780. The summed E-state index contributed by atoms with van der Waals surface area (Å²) in [6.45, 7) is 2.78. The molecule has 1 aliphatic heterocycles. The van der Waals surface area contributed by atoms with Crippen molar-refractivity contribution in [2.45, 2.75) is 31.9 Å². The van der Waals surface area contributed by atoms with E-state index in [1.165, 1.54) is 0 Å². The maximum atomic E-state index is 13.6. The lowest BCUT2D eigenvalue weighted by Gasteiger charge is -2.25. The molecule has 1 aliphatic rings. The predicted molar refractivity (Wildman–Crippen MR) is 66.4 cm³/mol. The van der Waals surface area contributed by atoms with Crippen molar-refractivity contribution >= 4 is 0 Å². The first kappa shape index (κ1) is 13.4. The lowest BCUT2D eigenvalue weighted by atomic mass is 9.89. The molecule has 0 radical (unpaired) electrons. The fraction of sp³-hybridized carbons (Fsp3) is 0.571. The van der Waals surface area contributed by atoms with Gasteiger partial charge in [0.05, 0.1) is 6.10 Å². The molecule has 0 spiro atoms. The van der Waals surface area contributed by atoms with Crippen molar-refractivity contribution in [3.05, 3.63) is 35.4 Å². The molecule has 100 valence electrons. The van der Waals surface area contributed by atoms with Gasteiger partial charge in [-0.2, -0.15) is 0 Å². The smallest absolute Gasteiger partial charge is 0.162 e. The van der Waals surface area contributed by atoms with Crippen LogP contribution in [0.2, 0.25) is 0 Å². The molecule has 0 amide bonds. The Morgan fingerprint density at radius 1 is 1.44 bits per heavy atom. The van der Waals surface area contributed by atoms with Crippen LogP contribution in [-0.2, 0) is 11.2 Å². The molecule has 0 aromatic heterocycles. The minimum absolute atomic E-state index is 0.110. The van der Waals surface area contributed by atoms with Gasteiger partial charge in [-0.25, -0.2) is 8.78 Å². The van der Waals surface area contributed by atoms with E-state index in [0.29, 0.717) is 17.9 Å². The molecule has 18 heavy (non-hydrogen) atoms. The van der Waals surface area contributed by atoms with E-state index in [9.17, 15) is 8.78 Å². The second-order valence-electron chi connectivity index (χ2n) is 4.84. The summed E-state index contributed by atoms with van der Waals surface area (Å²) in [4.78, 5) is 0. The lowest BCUT2D eigenvalue weighted by Crippen LogP contribution is -2.39. The fourth-order valence-electron chi connectivity index (χ4n) is 2.69. The average molecular weight is 255 g/mol. The molecule has 0 saturated carbocycles. The van der Waals surface area contributed by atoms with Crippen LogP contribution in [0.4, 0.5) is 8.78 Å². The van der Waals surface area contributed by atoms with Crippen molar-refractivity contribution in [3.8, 4) is 0 Å². The molecular weight excluding hydrogens is 236 g/mol. The van der Waals surface area contributed by atoms with Crippen LogP contribution in [0.5, 0.6) is 0 Å². The Morgan fingerprint density at radius 2 is 2.22 bits per heavy atom. The van der Waals surface area contributed by atoms with Crippen LogP contribution < -0.4 is 5.32 Å². The van der Waals surface area contributed by atoms with E-state index < -0.39 is 11.6 Å². The van der Waals surface area contributed by atoms with Gasteiger partial charge in [-0.05, 0) is 38.4 Å². The highest BCUT2D eigenvalue weighted by molar-refractivity contribution is 5.20. The van der Waals surface area contributed by atoms with E-state index >= 15 is 0 Å². The van der Waals surface area contributed by atoms with E-state index in [4.69, 9.17) is 4.74 Å². The number of rotatable bonds is 4. The molecule has 0 bridgehead atoms. The molecule has 1 N–H and O–H groups in total. The third kappa shape index (κ3) is 2.70. The van der Waals surface area contributed by atoms with Gasteiger partial charge in [0.15, 0.2) is 11.6 Å². The Hall–Kier alpha value is -1.00. The topological polar surface area (TPSA) is 21.3 Å². The van der Waals surface area contributed by atoms with E-state index in [1.807, 2.05) is 14.0 Å². The third-order valence-corrected chi connectivity index (χ3v) is 3.79. The largest absolute Gasteiger partial charge is 0.378 e. The third-order valence-electron chi connectivity index (χ3n) is 3.79. The maximum Gasteiger partial charge on any atom is 0.162 e. The van der Waals surface area contributed by atoms with Crippen LogP contribution in [0.25, 0.3) is 0 Å². The molecule has 3 unspecified atom stereocenters. The maximum absolute atomic E-state index is 13.6. The molecule has 1 fully saturated rings. The van der Waals surface area contributed by atoms with Crippen LogP contribution in [0.3, 0.4) is 0 Å². The number of hydrogen-bond acceptors (Lipinski definition) is 2. The first-order valence-electron chi connectivity index (χ1n) is 6.35. The Balaban J connectivity index is 2.12. The molecule has 1 aromatic rings. The van der Waals surface area contributed by atoms with E-state index in [2.05, 4.69) is 5.32 Å². The molecule has 1 saturated heterocycles. The quantitative estimate of drug-likeness (QED) is 0.892. The highest BCUT2D eigenvalue weighted by atomic mass is 19.2. The van der Waals surface area contributed by atoms with Gasteiger partial charge in [-0.15, -0.1) is 0 Å². The van der Waals surface area contributed by atoms with Gasteiger partial charge in [0, 0.05) is 18.6 Å². The van der Waals surface area contributed by atoms with Crippen LogP contribution >= 0.6 is 0 Å². The Bertz CT molecular complexity index is 411. The molecule has 2 nitrogen and oxygen atoms in total. The Morgan fingerprint density at radius 3 is 2.83 bits per heavy atom. The number of ether oxygens (including phenoxy) is 1. The summed E-state index contributed by atoms with van der Waals surface area (Å²) in [6, 6.07) is 4.45. The van der Waals surface area contributed by atoms with Crippen LogP contribution in [0.1, 0.15) is 18.9 Å². The summed E-state index contributed by atoms with van der Waals surface area (Å²) >= 11 is 0. The molecule has 0 aliphatic carbocycles. The zero-order chi connectivity index (χ0) is 13.1. The average Bonchev–Trinajstić information content (AvgIpc) is 2.77. The number of hydrogen-bond donors (Lipinski definition) is 1. The molecular formula is C14H19F2NO. The van der Waals surface area contributed by atoms with Gasteiger partial charge >= 0.3 is 0 Å². The van der Waals surface area contributed by atoms with Crippen molar-refractivity contribution in [2.75, 3.05) is 13.7 Å². The van der Waals surface area contributed by atoms with Crippen molar-refractivity contribution in [2.24, 2.45) is 5.92 Å². The van der Waals surface area contributed by atoms with Crippen molar-refractivity contribution in [1.82, 2.24) is 5.32 Å². The summed E-state index contributed by atoms with van der Waals surface area (Å²) in [7, 11) is 1.85. The standard InChI is InChI=1S/C14H19F2NO/c1-9-11(6-7-18-9)13(17-2)8-10-4-3-5-12(15)14(10)16/h3-5,9,11,13,17H,6-8H2,1-2H3. The van der Waals surface area contributed by atoms with Crippen molar-refractivity contribution in [3.63, 3.8) is 0 Å². The summed E-state index contributed by atoms with van der Waals surface area (Å²) in [5, 5.41) is 3.20. The summed E-state index contributed by atoms with van der Waals surface area (Å²) in [6.07, 6.45) is 1.61. The second-order valence-corrected chi connectivity index (χ2v) is 4.84. The van der Waals surface area contributed by atoms with Gasteiger partial charge in [0.2, 0.25) is 0 Å². The van der Waals surface area contributed by atoms with Gasteiger partial charge in [-0.1, -0.05) is 12.1 Å². The number of benzene rings is 1. The van der Waals surface area contributed by atoms with Gasteiger partial charge in [0.1, 0.15) is 0 Å². The monoisotopic (exact) mass is 255 g/mol. The summed E-state index contributed by atoms with van der Waals surface area (Å²) in [5.74, 6) is -1.17. The Labute approximate surface area is 106 Å². The first-order valence-corrected chi connectivity index (χ1v) is 6.35. The Kier molecular flexibility index (Phi) is 4.30. The zero-order valence-corrected chi connectivity index (χ0v) is 10.7. The van der Waals surface area contributed by atoms with Gasteiger partial charge in [-0.3, -0.25) is 0 Å². The van der Waals surface area contributed by atoms with E-state index in [-0.39, 0.29) is 12.1 Å². The van der Waals surface area contributed by atoms with Crippen LogP contribution in [0.15, 0.2) is 18.2 Å². The first-order chi connectivity index (χ1) is 8.63. The predicted octanol–water partition coefficient (Wildman–Crippen LogP) is 2.52. The highest BCUT2D eigenvalue weighted by Gasteiger charge is 2.31. The molecule has 4 heteroatoms. The number of halogens is 2. The minimum Gasteiger partial charge on any atom is -0.378 e. The molecule has 1 aromatic carbocycles. The van der Waals surface area contributed by atoms with Crippen LogP contribution in [0, 0.1) is 17.6 Å². The normalized spacial score (nSPS) is 25.3. The fourth-order valence-corrected chi connectivity index (χ4v) is 2.69. The van der Waals surface area contributed by atoms with Crippen molar-refractivity contribution in [1.29, 1.82) is 0 Å².